The average Bonchev–Trinajstić information content (AvgIpc) is 3.28. The first-order valence-corrected chi connectivity index (χ1v) is 11.7. The van der Waals surface area contributed by atoms with E-state index >= 15 is 0 Å². The van der Waals surface area contributed by atoms with Crippen LogP contribution in [0.2, 0.25) is 5.02 Å². The van der Waals surface area contributed by atoms with Crippen LogP contribution in [-0.4, -0.2) is 11.7 Å². The van der Waals surface area contributed by atoms with Crippen LogP contribution in [0.1, 0.15) is 36.5 Å². The number of hydrogen-bond donors (Lipinski definition) is 2. The molecule has 1 aliphatic heterocycles. The third-order valence-electron chi connectivity index (χ3n) is 6.33. The Morgan fingerprint density at radius 2 is 2.06 bits per heavy atom. The zero-order valence-electron chi connectivity index (χ0n) is 18.8. The molecule has 2 aliphatic rings. The maximum absolute atomic E-state index is 13.6. The van der Waals surface area contributed by atoms with E-state index in [0.29, 0.717) is 40.1 Å². The summed E-state index contributed by atoms with van der Waals surface area (Å²) in [5.41, 5.74) is 3.82. The number of aromatic amines is 1. The van der Waals surface area contributed by atoms with E-state index in [-0.39, 0.29) is 11.7 Å². The van der Waals surface area contributed by atoms with Crippen molar-refractivity contribution in [1.82, 2.24) is 5.32 Å². The number of aromatic nitrogens is 1. The van der Waals surface area contributed by atoms with E-state index in [1.54, 1.807) is 12.3 Å². The fourth-order valence-electron chi connectivity index (χ4n) is 4.79. The summed E-state index contributed by atoms with van der Waals surface area (Å²) >= 11 is 6.16. The lowest BCUT2D eigenvalue weighted by atomic mass is 9.73. The van der Waals surface area contributed by atoms with Gasteiger partial charge in [0.2, 0.25) is 0 Å². The van der Waals surface area contributed by atoms with Crippen molar-refractivity contribution < 1.29 is 19.0 Å². The van der Waals surface area contributed by atoms with E-state index in [9.17, 15) is 9.59 Å². The number of nitrogens with one attached hydrogen (secondary N) is 3. The molecule has 1 aliphatic carbocycles. The van der Waals surface area contributed by atoms with E-state index in [4.69, 9.17) is 16.0 Å². The molecule has 7 heteroatoms. The van der Waals surface area contributed by atoms with Crippen molar-refractivity contribution in [2.24, 2.45) is 5.92 Å². The number of ketones is 1. The number of hydrogen-bond acceptors (Lipinski definition) is 4. The summed E-state index contributed by atoms with van der Waals surface area (Å²) < 4.78 is 6.26. The maximum Gasteiger partial charge on any atom is 0.317 e. The van der Waals surface area contributed by atoms with Crippen LogP contribution in [0.25, 0.3) is 11.3 Å². The van der Waals surface area contributed by atoms with Gasteiger partial charge in [-0.2, -0.15) is 0 Å². The van der Waals surface area contributed by atoms with Crippen molar-refractivity contribution in [1.29, 1.82) is 0 Å². The number of aryl methyl sites for hydroxylation is 1. The highest BCUT2D eigenvalue weighted by atomic mass is 35.5. The number of halogens is 1. The minimum atomic E-state index is -0.729. The third kappa shape index (κ3) is 4.17. The lowest BCUT2D eigenvalue weighted by Gasteiger charge is -2.36. The summed E-state index contributed by atoms with van der Waals surface area (Å²) in [6.07, 6.45) is 3.72. The summed E-state index contributed by atoms with van der Waals surface area (Å²) in [6, 6.07) is 14.8. The summed E-state index contributed by atoms with van der Waals surface area (Å²) in [5.74, 6) is 0.210. The summed E-state index contributed by atoms with van der Waals surface area (Å²) in [7, 11) is 0. The Hall–Kier alpha value is -3.64. The molecule has 0 radical (unpaired) electrons. The van der Waals surface area contributed by atoms with Crippen molar-refractivity contribution in [2.75, 3.05) is 5.32 Å². The zero-order chi connectivity index (χ0) is 23.8. The molecule has 172 valence electrons. The van der Waals surface area contributed by atoms with Gasteiger partial charge in [-0.1, -0.05) is 30.3 Å². The molecule has 1 aromatic carbocycles. The number of carbonyl (C=O) groups excluding carboxylic acids is 2. The number of pyridine rings is 1. The molecular weight excluding hydrogens is 450 g/mol. The minimum absolute atomic E-state index is 0.0341. The topological polar surface area (TPSA) is 85.5 Å². The molecule has 3 aromatic rings. The first-order valence-electron chi connectivity index (χ1n) is 11.3. The van der Waals surface area contributed by atoms with Gasteiger partial charge in [0, 0.05) is 40.0 Å². The molecular formula is C27H25ClN3O3+. The van der Waals surface area contributed by atoms with E-state index in [1.165, 1.54) is 0 Å². The van der Waals surface area contributed by atoms with Crippen LogP contribution < -0.4 is 15.6 Å². The minimum Gasteiger partial charge on any atom is -0.460 e. The second-order valence-corrected chi connectivity index (χ2v) is 9.19. The van der Waals surface area contributed by atoms with Gasteiger partial charge in [-0.3, -0.25) is 4.79 Å². The monoisotopic (exact) mass is 474 g/mol. The predicted octanol–water partition coefficient (Wildman–Crippen LogP) is 5.19. The molecule has 34 heavy (non-hydrogen) atoms. The summed E-state index contributed by atoms with van der Waals surface area (Å²) in [4.78, 5) is 29.7. The Bertz CT molecular complexity index is 1340. The van der Waals surface area contributed by atoms with E-state index in [2.05, 4.69) is 22.2 Å². The van der Waals surface area contributed by atoms with Gasteiger partial charge in [0.15, 0.2) is 5.78 Å². The molecule has 1 amide bonds. The highest BCUT2D eigenvalue weighted by Crippen LogP contribution is 2.45. The third-order valence-corrected chi connectivity index (χ3v) is 6.56. The van der Waals surface area contributed by atoms with Crippen LogP contribution in [0.5, 0.6) is 0 Å². The maximum atomic E-state index is 13.6. The number of amides is 1. The number of furan rings is 1. The molecule has 0 bridgehead atoms. The molecule has 0 saturated heterocycles. The lowest BCUT2D eigenvalue weighted by molar-refractivity contribution is -0.360. The van der Waals surface area contributed by atoms with Gasteiger partial charge in [0.1, 0.15) is 17.4 Å². The van der Waals surface area contributed by atoms with Crippen LogP contribution in [0, 0.1) is 12.8 Å². The number of carbonyl (C=O) groups is 2. The molecule has 5 rings (SSSR count). The molecule has 3 heterocycles. The van der Waals surface area contributed by atoms with Gasteiger partial charge >= 0.3 is 5.91 Å². The van der Waals surface area contributed by atoms with Crippen LogP contribution in [-0.2, 0) is 9.59 Å². The van der Waals surface area contributed by atoms with Gasteiger partial charge < -0.3 is 9.73 Å². The van der Waals surface area contributed by atoms with Crippen LogP contribution in [0.3, 0.4) is 0 Å². The number of benzene rings is 1. The Kier molecular flexibility index (Phi) is 5.84. The largest absolute Gasteiger partial charge is 0.460 e. The van der Waals surface area contributed by atoms with Gasteiger partial charge in [-0.15, -0.1) is 0 Å². The quantitative estimate of drug-likeness (QED) is 0.545. The zero-order valence-corrected chi connectivity index (χ0v) is 19.5. The molecule has 2 aromatic heterocycles. The highest BCUT2D eigenvalue weighted by Gasteiger charge is 2.46. The van der Waals surface area contributed by atoms with Crippen LogP contribution >= 0.6 is 11.6 Å². The average molecular weight is 475 g/mol. The van der Waals surface area contributed by atoms with Crippen molar-refractivity contribution in [3.63, 3.8) is 0 Å². The number of Topliss-reactive ketones (excluding diaryl/α,β-unsaturated/α-hetero) is 1. The Morgan fingerprint density at radius 1 is 1.21 bits per heavy atom. The SMILES string of the molecule is C=C1NC2=C(C(=O)CCC2)C(c2ccc(-c3cccc(Cl)c3)o2)C1C(=O)Nc1cc(C)cc[nH+]1. The fourth-order valence-corrected chi connectivity index (χ4v) is 4.98. The van der Waals surface area contributed by atoms with Gasteiger partial charge in [-0.25, -0.2) is 15.1 Å². The van der Waals surface area contributed by atoms with Crippen molar-refractivity contribution in [3.05, 3.63) is 94.6 Å². The Labute approximate surface area is 202 Å². The fraction of sp³-hybridized carbons (Fsp3) is 0.222. The number of H-pyrrole nitrogens is 1. The molecule has 2 atom stereocenters. The van der Waals surface area contributed by atoms with Crippen molar-refractivity contribution >= 4 is 29.1 Å². The number of allylic oxidation sites excluding steroid dienone is 2. The summed E-state index contributed by atoms with van der Waals surface area (Å²) in [6.45, 7) is 6.11. The number of anilines is 1. The van der Waals surface area contributed by atoms with E-state index in [0.717, 1.165) is 29.7 Å². The van der Waals surface area contributed by atoms with Gasteiger partial charge in [-0.05, 0) is 55.7 Å². The van der Waals surface area contributed by atoms with E-state index < -0.39 is 11.8 Å². The van der Waals surface area contributed by atoms with Gasteiger partial charge in [0.25, 0.3) is 5.82 Å². The molecule has 3 N–H and O–H groups in total. The second kappa shape index (κ2) is 8.95. The molecule has 0 fully saturated rings. The van der Waals surface area contributed by atoms with Crippen LogP contribution in [0.15, 0.2) is 82.7 Å². The Morgan fingerprint density at radius 3 is 2.85 bits per heavy atom. The van der Waals surface area contributed by atoms with Gasteiger partial charge in [0.05, 0.1) is 12.1 Å². The summed E-state index contributed by atoms with van der Waals surface area (Å²) in [5, 5.41) is 6.81. The second-order valence-electron chi connectivity index (χ2n) is 8.76. The van der Waals surface area contributed by atoms with Crippen molar-refractivity contribution in [3.8, 4) is 11.3 Å². The molecule has 2 unspecified atom stereocenters. The normalized spacial score (nSPS) is 20.1. The molecule has 0 spiro atoms. The Balaban J connectivity index is 1.57. The first-order chi connectivity index (χ1) is 16.4. The predicted molar refractivity (Wildman–Crippen MR) is 130 cm³/mol. The van der Waals surface area contributed by atoms with Crippen LogP contribution in [0.4, 0.5) is 5.82 Å². The van der Waals surface area contributed by atoms with Crippen molar-refractivity contribution in [2.45, 2.75) is 32.1 Å². The molecule has 6 nitrogen and oxygen atoms in total. The van der Waals surface area contributed by atoms with E-state index in [1.807, 2.05) is 49.4 Å². The molecule has 0 saturated carbocycles. The standard InChI is InChI=1S/C27H24ClN3O3/c1-15-11-12-29-23(13-15)31-27(33)24-16(2)30-19-7-4-8-20(32)25(19)26(24)22-10-9-21(34-22)17-5-3-6-18(28)14-17/h3,5-6,9-14,24,26,30H,2,4,7-8H2,1H3,(H,29,31,33)/p+1. The number of rotatable bonds is 4. The smallest absolute Gasteiger partial charge is 0.317 e. The first kappa shape index (κ1) is 22.2. The highest BCUT2D eigenvalue weighted by molar-refractivity contribution is 6.30. The lowest BCUT2D eigenvalue weighted by Crippen LogP contribution is -2.42.